The van der Waals surface area contributed by atoms with Crippen LogP contribution in [0.1, 0.15) is 38.4 Å². The Morgan fingerprint density at radius 1 is 1.26 bits per heavy atom. The van der Waals surface area contributed by atoms with Crippen molar-refractivity contribution >= 4 is 11.0 Å². The number of nitrogens with zero attached hydrogens (tertiary/aromatic N) is 2. The molecule has 0 aliphatic heterocycles. The first-order valence-corrected chi connectivity index (χ1v) is 7.11. The number of hydrogen-bond acceptors (Lipinski definition) is 2. The average molecular weight is 263 g/mol. The van der Waals surface area contributed by atoms with Crippen LogP contribution in [0.15, 0.2) is 18.2 Å². The first-order chi connectivity index (χ1) is 9.26. The van der Waals surface area contributed by atoms with Crippen molar-refractivity contribution < 1.29 is 4.39 Å². The molecule has 2 N–H and O–H groups in total. The molecule has 0 radical (unpaired) electrons. The Morgan fingerprint density at radius 2 is 2.11 bits per heavy atom. The van der Waals surface area contributed by atoms with Crippen LogP contribution in [-0.2, 0) is 13.0 Å². The van der Waals surface area contributed by atoms with Crippen LogP contribution in [0.2, 0.25) is 0 Å². The highest BCUT2D eigenvalue weighted by molar-refractivity contribution is 5.76. The van der Waals surface area contributed by atoms with Gasteiger partial charge in [-0.15, -0.1) is 0 Å². The Hall–Kier alpha value is -1.42. The topological polar surface area (TPSA) is 43.8 Å². The standard InChI is InChI=1S/C15H22FN3/c1-2-10-19-14-8-7-12(16)11-13(14)18-15(19)6-4-3-5-9-17/h7-8,11H,2-6,9-10,17H2,1H3. The van der Waals surface area contributed by atoms with E-state index in [9.17, 15) is 4.39 Å². The van der Waals surface area contributed by atoms with Crippen LogP contribution in [0, 0.1) is 5.82 Å². The van der Waals surface area contributed by atoms with E-state index >= 15 is 0 Å². The molecule has 19 heavy (non-hydrogen) atoms. The number of halogens is 1. The van der Waals surface area contributed by atoms with E-state index in [0.717, 1.165) is 62.1 Å². The normalized spacial score (nSPS) is 11.3. The number of hydrogen-bond donors (Lipinski definition) is 1. The number of benzene rings is 1. The summed E-state index contributed by atoms with van der Waals surface area (Å²) < 4.78 is 15.5. The van der Waals surface area contributed by atoms with Crippen molar-refractivity contribution in [2.24, 2.45) is 5.73 Å². The largest absolute Gasteiger partial charge is 0.330 e. The van der Waals surface area contributed by atoms with Gasteiger partial charge in [0.1, 0.15) is 11.6 Å². The second-order valence-electron chi connectivity index (χ2n) is 4.91. The third-order valence-corrected chi connectivity index (χ3v) is 3.34. The lowest BCUT2D eigenvalue weighted by atomic mass is 10.2. The zero-order chi connectivity index (χ0) is 13.7. The number of fused-ring (bicyclic) bond motifs is 1. The van der Waals surface area contributed by atoms with E-state index < -0.39 is 0 Å². The average Bonchev–Trinajstić information content (AvgIpc) is 2.73. The Bertz CT molecular complexity index is 533. The van der Waals surface area contributed by atoms with Gasteiger partial charge in [0.05, 0.1) is 11.0 Å². The van der Waals surface area contributed by atoms with E-state index in [4.69, 9.17) is 5.73 Å². The lowest BCUT2D eigenvalue weighted by Gasteiger charge is -2.07. The molecule has 0 unspecified atom stereocenters. The van der Waals surface area contributed by atoms with Crippen molar-refractivity contribution in [1.82, 2.24) is 9.55 Å². The van der Waals surface area contributed by atoms with Crippen molar-refractivity contribution in [3.8, 4) is 0 Å². The summed E-state index contributed by atoms with van der Waals surface area (Å²) in [6.45, 7) is 3.83. The Kier molecular flexibility index (Phi) is 4.91. The Morgan fingerprint density at radius 3 is 2.84 bits per heavy atom. The van der Waals surface area contributed by atoms with Gasteiger partial charge in [0, 0.05) is 19.0 Å². The Labute approximate surface area is 113 Å². The SMILES string of the molecule is CCCn1c(CCCCCN)nc2cc(F)ccc21. The van der Waals surface area contributed by atoms with Gasteiger partial charge in [-0.05, 0) is 37.9 Å². The molecule has 3 nitrogen and oxygen atoms in total. The van der Waals surface area contributed by atoms with E-state index in [1.54, 1.807) is 0 Å². The Balaban J connectivity index is 2.22. The summed E-state index contributed by atoms with van der Waals surface area (Å²) in [5, 5.41) is 0. The molecule has 0 amide bonds. The molecule has 0 fully saturated rings. The fraction of sp³-hybridized carbons (Fsp3) is 0.533. The molecule has 1 aromatic carbocycles. The monoisotopic (exact) mass is 263 g/mol. The number of aryl methyl sites for hydroxylation is 2. The minimum atomic E-state index is -0.219. The highest BCUT2D eigenvalue weighted by atomic mass is 19.1. The summed E-state index contributed by atoms with van der Waals surface area (Å²) >= 11 is 0. The van der Waals surface area contributed by atoms with Gasteiger partial charge in [0.15, 0.2) is 0 Å². The molecule has 2 aromatic rings. The van der Waals surface area contributed by atoms with E-state index in [2.05, 4.69) is 16.5 Å². The van der Waals surface area contributed by atoms with Crippen LogP contribution in [0.3, 0.4) is 0 Å². The number of nitrogens with two attached hydrogens (primary N) is 1. The van der Waals surface area contributed by atoms with E-state index in [1.165, 1.54) is 12.1 Å². The number of aromatic nitrogens is 2. The number of imidazole rings is 1. The van der Waals surface area contributed by atoms with Gasteiger partial charge in [0.2, 0.25) is 0 Å². The molecule has 0 bridgehead atoms. The third-order valence-electron chi connectivity index (χ3n) is 3.34. The fourth-order valence-corrected chi connectivity index (χ4v) is 2.42. The second kappa shape index (κ2) is 6.66. The lowest BCUT2D eigenvalue weighted by molar-refractivity contribution is 0.614. The maximum absolute atomic E-state index is 13.3. The minimum Gasteiger partial charge on any atom is -0.330 e. The van der Waals surface area contributed by atoms with Crippen LogP contribution in [0.5, 0.6) is 0 Å². The molecule has 104 valence electrons. The minimum absolute atomic E-state index is 0.219. The van der Waals surface area contributed by atoms with Crippen molar-refractivity contribution in [3.05, 3.63) is 29.8 Å². The molecule has 0 aliphatic rings. The lowest BCUT2D eigenvalue weighted by Crippen LogP contribution is -2.04. The first kappa shape index (κ1) is 14.0. The molecular formula is C15H22FN3. The quantitative estimate of drug-likeness (QED) is 0.779. The third kappa shape index (κ3) is 3.32. The maximum Gasteiger partial charge on any atom is 0.125 e. The van der Waals surface area contributed by atoms with E-state index in [0.29, 0.717) is 0 Å². The number of rotatable bonds is 7. The summed E-state index contributed by atoms with van der Waals surface area (Å²) in [7, 11) is 0. The molecule has 0 saturated carbocycles. The molecule has 0 saturated heterocycles. The van der Waals surface area contributed by atoms with Crippen molar-refractivity contribution in [1.29, 1.82) is 0 Å². The highest BCUT2D eigenvalue weighted by Gasteiger charge is 2.10. The first-order valence-electron chi connectivity index (χ1n) is 7.11. The van der Waals surface area contributed by atoms with E-state index in [1.807, 2.05) is 6.07 Å². The molecule has 0 atom stereocenters. The predicted molar refractivity (Wildman–Crippen MR) is 76.6 cm³/mol. The van der Waals surface area contributed by atoms with Crippen LogP contribution >= 0.6 is 0 Å². The molecule has 0 aliphatic carbocycles. The summed E-state index contributed by atoms with van der Waals surface area (Å²) in [5.41, 5.74) is 7.31. The van der Waals surface area contributed by atoms with Gasteiger partial charge >= 0.3 is 0 Å². The summed E-state index contributed by atoms with van der Waals surface area (Å²) in [6.07, 6.45) is 5.27. The van der Waals surface area contributed by atoms with Crippen molar-refractivity contribution in [2.75, 3.05) is 6.54 Å². The molecule has 1 heterocycles. The predicted octanol–water partition coefficient (Wildman–Crippen LogP) is 3.26. The fourth-order valence-electron chi connectivity index (χ4n) is 2.42. The second-order valence-corrected chi connectivity index (χ2v) is 4.91. The van der Waals surface area contributed by atoms with Crippen LogP contribution in [-0.4, -0.2) is 16.1 Å². The van der Waals surface area contributed by atoms with Gasteiger partial charge in [-0.25, -0.2) is 9.37 Å². The van der Waals surface area contributed by atoms with E-state index in [-0.39, 0.29) is 5.82 Å². The van der Waals surface area contributed by atoms with Gasteiger partial charge in [-0.3, -0.25) is 0 Å². The zero-order valence-corrected chi connectivity index (χ0v) is 11.5. The van der Waals surface area contributed by atoms with Crippen LogP contribution in [0.4, 0.5) is 4.39 Å². The molecule has 0 spiro atoms. The summed E-state index contributed by atoms with van der Waals surface area (Å²) in [4.78, 5) is 4.58. The van der Waals surface area contributed by atoms with Crippen molar-refractivity contribution in [2.45, 2.75) is 45.6 Å². The molecular weight excluding hydrogens is 241 g/mol. The van der Waals surface area contributed by atoms with Gasteiger partial charge in [-0.1, -0.05) is 13.3 Å². The summed E-state index contributed by atoms with van der Waals surface area (Å²) in [6, 6.07) is 4.86. The van der Waals surface area contributed by atoms with Crippen molar-refractivity contribution in [3.63, 3.8) is 0 Å². The van der Waals surface area contributed by atoms with Crippen LogP contribution in [0.25, 0.3) is 11.0 Å². The number of unbranched alkanes of at least 4 members (excludes halogenated alkanes) is 2. The highest BCUT2D eigenvalue weighted by Crippen LogP contribution is 2.19. The smallest absolute Gasteiger partial charge is 0.125 e. The zero-order valence-electron chi connectivity index (χ0n) is 11.5. The van der Waals surface area contributed by atoms with Gasteiger partial charge in [0.25, 0.3) is 0 Å². The van der Waals surface area contributed by atoms with Gasteiger partial charge in [-0.2, -0.15) is 0 Å². The summed E-state index contributed by atoms with van der Waals surface area (Å²) in [5.74, 6) is 0.850. The van der Waals surface area contributed by atoms with Gasteiger partial charge < -0.3 is 10.3 Å². The molecule has 1 aromatic heterocycles. The van der Waals surface area contributed by atoms with Crippen LogP contribution < -0.4 is 5.73 Å². The molecule has 2 rings (SSSR count). The molecule has 4 heteroatoms. The maximum atomic E-state index is 13.3.